The van der Waals surface area contributed by atoms with Gasteiger partial charge in [0.05, 0.1) is 9.82 Å². The van der Waals surface area contributed by atoms with E-state index in [1.165, 1.54) is 0 Å². The van der Waals surface area contributed by atoms with Crippen LogP contribution in [0.1, 0.15) is 31.1 Å². The number of carbonyl (C=O) groups excluding carboxylic acids is 1. The number of halogens is 1. The number of carbonyl (C=O) groups is 1. The van der Waals surface area contributed by atoms with Crippen molar-refractivity contribution in [2.24, 2.45) is 5.41 Å². The predicted molar refractivity (Wildman–Crippen MR) is 77.9 cm³/mol. The number of amides is 1. The van der Waals surface area contributed by atoms with Gasteiger partial charge in [-0.05, 0) is 11.5 Å². The van der Waals surface area contributed by atoms with Crippen molar-refractivity contribution in [2.75, 3.05) is 6.54 Å². The molecule has 1 N–H and O–H groups in total. The van der Waals surface area contributed by atoms with Crippen LogP contribution in [0.4, 0.5) is 5.69 Å². The molecule has 1 rings (SSSR count). The standard InChI is InChI=1S/C12H15ClN2O5S/c1-12(2,3)7-14-11(16)8-4-9(15(17)18)6-10(5-8)21(13,19)20/h4-6H,7H2,1-3H3,(H,14,16). The minimum Gasteiger partial charge on any atom is -0.352 e. The Labute approximate surface area is 126 Å². The van der Waals surface area contributed by atoms with Crippen LogP contribution in [0.3, 0.4) is 0 Å². The number of non-ortho nitro benzene ring substituents is 1. The lowest BCUT2D eigenvalue weighted by molar-refractivity contribution is -0.385. The lowest BCUT2D eigenvalue weighted by atomic mass is 9.97. The van der Waals surface area contributed by atoms with E-state index in [0.717, 1.165) is 18.2 Å². The molecule has 0 aliphatic heterocycles. The van der Waals surface area contributed by atoms with Crippen molar-refractivity contribution in [1.29, 1.82) is 0 Å². The molecule has 0 fully saturated rings. The minimum atomic E-state index is -4.17. The van der Waals surface area contributed by atoms with Gasteiger partial charge in [0.15, 0.2) is 0 Å². The summed E-state index contributed by atoms with van der Waals surface area (Å²) in [5.74, 6) is -0.602. The summed E-state index contributed by atoms with van der Waals surface area (Å²) in [5.41, 5.74) is -0.831. The molecule has 0 aliphatic carbocycles. The number of hydrogen-bond donors (Lipinski definition) is 1. The zero-order chi connectivity index (χ0) is 16.4. The fourth-order valence-electron chi connectivity index (χ4n) is 1.41. The van der Waals surface area contributed by atoms with Crippen LogP contribution < -0.4 is 5.32 Å². The Morgan fingerprint density at radius 2 is 1.90 bits per heavy atom. The highest BCUT2D eigenvalue weighted by Crippen LogP contribution is 2.23. The molecule has 7 nitrogen and oxygen atoms in total. The van der Waals surface area contributed by atoms with Gasteiger partial charge in [0, 0.05) is 34.9 Å². The largest absolute Gasteiger partial charge is 0.352 e. The third-order valence-electron chi connectivity index (χ3n) is 2.43. The molecular weight excluding hydrogens is 320 g/mol. The fourth-order valence-corrected chi connectivity index (χ4v) is 2.20. The van der Waals surface area contributed by atoms with Crippen molar-refractivity contribution < 1.29 is 18.1 Å². The van der Waals surface area contributed by atoms with Crippen molar-refractivity contribution in [3.8, 4) is 0 Å². The van der Waals surface area contributed by atoms with Gasteiger partial charge in [-0.3, -0.25) is 14.9 Å². The van der Waals surface area contributed by atoms with Crippen molar-refractivity contribution in [3.63, 3.8) is 0 Å². The average Bonchev–Trinajstić information content (AvgIpc) is 2.33. The highest BCUT2D eigenvalue weighted by Gasteiger charge is 2.21. The Balaban J connectivity index is 3.20. The monoisotopic (exact) mass is 334 g/mol. The molecule has 0 aliphatic rings. The quantitative estimate of drug-likeness (QED) is 0.516. The topological polar surface area (TPSA) is 106 Å². The van der Waals surface area contributed by atoms with Crippen LogP contribution in [0.15, 0.2) is 23.1 Å². The number of nitro groups is 1. The number of nitro benzene ring substituents is 1. The maximum Gasteiger partial charge on any atom is 0.271 e. The number of nitrogens with one attached hydrogen (secondary N) is 1. The summed E-state index contributed by atoms with van der Waals surface area (Å²) in [6, 6.07) is 2.82. The Morgan fingerprint density at radius 1 is 1.33 bits per heavy atom. The first kappa shape index (κ1) is 17.4. The second-order valence-electron chi connectivity index (χ2n) is 5.65. The normalized spacial score (nSPS) is 12.0. The zero-order valence-electron chi connectivity index (χ0n) is 11.7. The molecule has 116 valence electrons. The average molecular weight is 335 g/mol. The summed E-state index contributed by atoms with van der Waals surface area (Å²) in [5, 5.41) is 13.4. The number of rotatable bonds is 4. The van der Waals surface area contributed by atoms with E-state index >= 15 is 0 Å². The second kappa shape index (κ2) is 5.98. The predicted octanol–water partition coefficient (Wildman–Crippen LogP) is 2.30. The fraction of sp³-hybridized carbons (Fsp3) is 0.417. The van der Waals surface area contributed by atoms with Gasteiger partial charge in [0.1, 0.15) is 0 Å². The van der Waals surface area contributed by atoms with Gasteiger partial charge < -0.3 is 5.32 Å². The molecule has 1 amide bonds. The van der Waals surface area contributed by atoms with E-state index in [1.54, 1.807) is 0 Å². The van der Waals surface area contributed by atoms with Gasteiger partial charge in [0.2, 0.25) is 0 Å². The molecular formula is C12H15ClN2O5S. The number of benzene rings is 1. The molecule has 1 aromatic rings. The van der Waals surface area contributed by atoms with Crippen LogP contribution in [-0.4, -0.2) is 25.8 Å². The lowest BCUT2D eigenvalue weighted by Gasteiger charge is -2.18. The van der Waals surface area contributed by atoms with Gasteiger partial charge in [-0.1, -0.05) is 20.8 Å². The molecule has 0 radical (unpaired) electrons. The van der Waals surface area contributed by atoms with Crippen LogP contribution >= 0.6 is 10.7 Å². The van der Waals surface area contributed by atoms with E-state index in [-0.39, 0.29) is 11.0 Å². The molecule has 0 unspecified atom stereocenters. The summed E-state index contributed by atoms with van der Waals surface area (Å²) < 4.78 is 22.6. The second-order valence-corrected chi connectivity index (χ2v) is 8.22. The molecule has 0 atom stereocenters. The number of nitrogens with zero attached hydrogens (tertiary/aromatic N) is 1. The van der Waals surface area contributed by atoms with Crippen molar-refractivity contribution in [3.05, 3.63) is 33.9 Å². The molecule has 0 bridgehead atoms. The molecule has 1 aromatic carbocycles. The van der Waals surface area contributed by atoms with Gasteiger partial charge in [-0.2, -0.15) is 0 Å². The minimum absolute atomic E-state index is 0.132. The SMILES string of the molecule is CC(C)(C)CNC(=O)c1cc([N+](=O)[O-])cc(S(=O)(=O)Cl)c1. The van der Waals surface area contributed by atoms with Gasteiger partial charge >= 0.3 is 0 Å². The maximum atomic E-state index is 12.0. The van der Waals surface area contributed by atoms with Crippen LogP contribution in [0.25, 0.3) is 0 Å². The van der Waals surface area contributed by atoms with Crippen molar-refractivity contribution in [2.45, 2.75) is 25.7 Å². The van der Waals surface area contributed by atoms with E-state index in [0.29, 0.717) is 6.54 Å². The van der Waals surface area contributed by atoms with E-state index in [4.69, 9.17) is 10.7 Å². The van der Waals surface area contributed by atoms with Crippen molar-refractivity contribution in [1.82, 2.24) is 5.32 Å². The summed E-state index contributed by atoms with van der Waals surface area (Å²) in [6.45, 7) is 6.03. The summed E-state index contributed by atoms with van der Waals surface area (Å²) in [4.78, 5) is 21.5. The number of hydrogen-bond acceptors (Lipinski definition) is 5. The van der Waals surface area contributed by atoms with Gasteiger partial charge in [0.25, 0.3) is 20.6 Å². The lowest BCUT2D eigenvalue weighted by Crippen LogP contribution is -2.32. The molecule has 0 saturated heterocycles. The van der Waals surface area contributed by atoms with Crippen LogP contribution in [-0.2, 0) is 9.05 Å². The molecule has 0 aromatic heterocycles. The van der Waals surface area contributed by atoms with E-state index in [1.807, 2.05) is 20.8 Å². The van der Waals surface area contributed by atoms with Crippen LogP contribution in [0, 0.1) is 15.5 Å². The molecule has 0 saturated carbocycles. The van der Waals surface area contributed by atoms with Crippen LogP contribution in [0.5, 0.6) is 0 Å². The van der Waals surface area contributed by atoms with Crippen molar-refractivity contribution >= 4 is 31.3 Å². The Morgan fingerprint density at radius 3 is 2.33 bits per heavy atom. The summed E-state index contributed by atoms with van der Waals surface area (Å²) in [7, 11) is 1.01. The Hall–Kier alpha value is -1.67. The highest BCUT2D eigenvalue weighted by atomic mass is 35.7. The molecule has 0 heterocycles. The summed E-state index contributed by atoms with van der Waals surface area (Å²) in [6.07, 6.45) is 0. The first-order valence-electron chi connectivity index (χ1n) is 5.92. The molecule has 0 spiro atoms. The van der Waals surface area contributed by atoms with Crippen LogP contribution in [0.2, 0.25) is 0 Å². The Bertz CT molecular complexity index is 679. The summed E-state index contributed by atoms with van der Waals surface area (Å²) >= 11 is 0. The van der Waals surface area contributed by atoms with E-state index in [9.17, 15) is 23.3 Å². The third kappa shape index (κ3) is 5.31. The first-order chi connectivity index (χ1) is 9.40. The highest BCUT2D eigenvalue weighted by molar-refractivity contribution is 8.13. The van der Waals surface area contributed by atoms with E-state index < -0.39 is 30.5 Å². The Kier molecular flexibility index (Phi) is 4.95. The first-order valence-corrected chi connectivity index (χ1v) is 8.23. The molecule has 9 heteroatoms. The molecule has 21 heavy (non-hydrogen) atoms. The van der Waals surface area contributed by atoms with Gasteiger partial charge in [-0.15, -0.1) is 0 Å². The third-order valence-corrected chi connectivity index (χ3v) is 3.76. The maximum absolute atomic E-state index is 12.0. The van der Waals surface area contributed by atoms with E-state index in [2.05, 4.69) is 5.32 Å². The smallest absolute Gasteiger partial charge is 0.271 e. The zero-order valence-corrected chi connectivity index (χ0v) is 13.3. The van der Waals surface area contributed by atoms with Gasteiger partial charge in [-0.25, -0.2) is 8.42 Å².